The lowest BCUT2D eigenvalue weighted by Crippen LogP contribution is -2.38. The molecule has 3 heteroatoms. The first-order chi connectivity index (χ1) is 9.14. The van der Waals surface area contributed by atoms with E-state index in [9.17, 15) is 5.11 Å². The maximum Gasteiger partial charge on any atom is 0.126 e. The summed E-state index contributed by atoms with van der Waals surface area (Å²) in [7, 11) is 1.93. The number of nitrogens with one attached hydrogen (secondary N) is 1. The summed E-state index contributed by atoms with van der Waals surface area (Å²) in [5, 5.41) is 13.7. The monoisotopic (exact) mass is 263 g/mol. The molecule has 0 aliphatic heterocycles. The molecule has 0 atom stereocenters. The number of aryl methyl sites for hydroxylation is 1. The van der Waals surface area contributed by atoms with E-state index < -0.39 is 5.60 Å². The third-order valence-corrected chi connectivity index (χ3v) is 3.93. The first-order valence-electron chi connectivity index (χ1n) is 7.23. The van der Waals surface area contributed by atoms with Crippen molar-refractivity contribution in [3.8, 4) is 5.75 Å². The maximum absolute atomic E-state index is 10.5. The fourth-order valence-corrected chi connectivity index (χ4v) is 2.81. The van der Waals surface area contributed by atoms with Crippen LogP contribution in [0.25, 0.3) is 0 Å². The van der Waals surface area contributed by atoms with E-state index in [0.717, 1.165) is 49.1 Å². The van der Waals surface area contributed by atoms with Gasteiger partial charge in [0.1, 0.15) is 12.4 Å². The van der Waals surface area contributed by atoms with Crippen molar-refractivity contribution < 1.29 is 9.84 Å². The van der Waals surface area contributed by atoms with Gasteiger partial charge in [0.05, 0.1) is 5.60 Å². The van der Waals surface area contributed by atoms with E-state index >= 15 is 0 Å². The molecule has 1 aliphatic carbocycles. The molecular weight excluding hydrogens is 238 g/mol. The average Bonchev–Trinajstić information content (AvgIpc) is 2.39. The van der Waals surface area contributed by atoms with Gasteiger partial charge in [-0.15, -0.1) is 0 Å². The van der Waals surface area contributed by atoms with Crippen molar-refractivity contribution >= 4 is 0 Å². The molecule has 1 fully saturated rings. The highest BCUT2D eigenvalue weighted by Crippen LogP contribution is 2.30. The van der Waals surface area contributed by atoms with Gasteiger partial charge in [-0.05, 0) is 32.4 Å². The number of para-hydroxylation sites is 1. The predicted octanol–water partition coefficient (Wildman–Crippen LogP) is 2.79. The summed E-state index contributed by atoms with van der Waals surface area (Å²) >= 11 is 0. The van der Waals surface area contributed by atoms with Crippen LogP contribution in [0.3, 0.4) is 0 Å². The maximum atomic E-state index is 10.5. The molecular formula is C16H25NO2. The Kier molecular flexibility index (Phi) is 4.83. The van der Waals surface area contributed by atoms with Gasteiger partial charge in [0, 0.05) is 12.1 Å². The summed E-state index contributed by atoms with van der Waals surface area (Å²) in [6.07, 6.45) is 5.17. The lowest BCUT2D eigenvalue weighted by atomic mass is 9.85. The first kappa shape index (κ1) is 14.4. The molecule has 0 amide bonds. The van der Waals surface area contributed by atoms with Crippen LogP contribution in [0, 0.1) is 6.92 Å². The molecule has 1 aromatic carbocycles. The molecule has 0 saturated heterocycles. The van der Waals surface area contributed by atoms with Crippen LogP contribution >= 0.6 is 0 Å². The van der Waals surface area contributed by atoms with Gasteiger partial charge in [0.15, 0.2) is 0 Å². The third kappa shape index (κ3) is 3.71. The summed E-state index contributed by atoms with van der Waals surface area (Å²) in [4.78, 5) is 0. The molecule has 0 aromatic heterocycles. The second kappa shape index (κ2) is 6.40. The van der Waals surface area contributed by atoms with E-state index in [4.69, 9.17) is 4.74 Å². The molecule has 0 spiro atoms. The minimum absolute atomic E-state index is 0.411. The summed E-state index contributed by atoms with van der Waals surface area (Å²) in [5.41, 5.74) is 1.66. The smallest absolute Gasteiger partial charge is 0.126 e. The topological polar surface area (TPSA) is 41.5 Å². The van der Waals surface area contributed by atoms with Gasteiger partial charge >= 0.3 is 0 Å². The Hall–Kier alpha value is -1.06. The zero-order chi connectivity index (χ0) is 13.7. The first-order valence-corrected chi connectivity index (χ1v) is 7.23. The molecule has 0 heterocycles. The third-order valence-electron chi connectivity index (χ3n) is 3.93. The van der Waals surface area contributed by atoms with Crippen molar-refractivity contribution in [1.29, 1.82) is 0 Å². The Morgan fingerprint density at radius 1 is 1.26 bits per heavy atom. The molecule has 19 heavy (non-hydrogen) atoms. The van der Waals surface area contributed by atoms with Gasteiger partial charge in [0.25, 0.3) is 0 Å². The van der Waals surface area contributed by atoms with Crippen LogP contribution in [0.15, 0.2) is 18.2 Å². The van der Waals surface area contributed by atoms with Crippen LogP contribution in [0.4, 0.5) is 0 Å². The molecule has 1 aromatic rings. The van der Waals surface area contributed by atoms with Crippen LogP contribution in [0.2, 0.25) is 0 Å². The van der Waals surface area contributed by atoms with Crippen molar-refractivity contribution in [1.82, 2.24) is 5.32 Å². The van der Waals surface area contributed by atoms with E-state index in [2.05, 4.69) is 24.4 Å². The molecule has 2 N–H and O–H groups in total. The molecule has 3 nitrogen and oxygen atoms in total. The Morgan fingerprint density at radius 3 is 2.68 bits per heavy atom. The Labute approximate surface area is 116 Å². The van der Waals surface area contributed by atoms with Crippen LogP contribution in [-0.2, 0) is 6.54 Å². The van der Waals surface area contributed by atoms with Gasteiger partial charge in [-0.25, -0.2) is 0 Å². The van der Waals surface area contributed by atoms with Gasteiger partial charge in [-0.2, -0.15) is 0 Å². The standard InChI is InChI=1S/C16H25NO2/c1-13-7-6-8-14(11-17-2)15(13)19-12-16(18)9-4-3-5-10-16/h6-8,17-18H,3-5,9-12H2,1-2H3. The normalized spacial score (nSPS) is 18.3. The second-order valence-electron chi connectivity index (χ2n) is 5.67. The van der Waals surface area contributed by atoms with Crippen molar-refractivity contribution in [3.05, 3.63) is 29.3 Å². The van der Waals surface area contributed by atoms with Gasteiger partial charge < -0.3 is 15.2 Å². The largest absolute Gasteiger partial charge is 0.490 e. The number of hydrogen-bond donors (Lipinski definition) is 2. The highest BCUT2D eigenvalue weighted by molar-refractivity contribution is 5.40. The molecule has 0 bridgehead atoms. The van der Waals surface area contributed by atoms with E-state index in [1.54, 1.807) is 0 Å². The predicted molar refractivity (Wildman–Crippen MR) is 77.5 cm³/mol. The fourth-order valence-electron chi connectivity index (χ4n) is 2.81. The van der Waals surface area contributed by atoms with E-state index in [0.29, 0.717) is 6.61 Å². The number of ether oxygens (including phenoxy) is 1. The minimum Gasteiger partial charge on any atom is -0.490 e. The lowest BCUT2D eigenvalue weighted by Gasteiger charge is -2.32. The van der Waals surface area contributed by atoms with Crippen LogP contribution in [0.1, 0.15) is 43.2 Å². The van der Waals surface area contributed by atoms with Crippen molar-refractivity contribution in [2.24, 2.45) is 0 Å². The molecule has 106 valence electrons. The highest BCUT2D eigenvalue weighted by atomic mass is 16.5. The minimum atomic E-state index is -0.628. The van der Waals surface area contributed by atoms with Crippen LogP contribution in [0.5, 0.6) is 5.75 Å². The molecule has 0 unspecified atom stereocenters. The molecule has 0 radical (unpaired) electrons. The van der Waals surface area contributed by atoms with Crippen LogP contribution in [-0.4, -0.2) is 24.4 Å². The summed E-state index contributed by atoms with van der Waals surface area (Å²) in [6, 6.07) is 6.17. The van der Waals surface area contributed by atoms with Gasteiger partial charge in [0.2, 0.25) is 0 Å². The van der Waals surface area contributed by atoms with E-state index in [-0.39, 0.29) is 0 Å². The summed E-state index contributed by atoms with van der Waals surface area (Å²) < 4.78 is 5.97. The number of rotatable bonds is 5. The zero-order valence-electron chi connectivity index (χ0n) is 12.0. The van der Waals surface area contributed by atoms with Crippen molar-refractivity contribution in [2.45, 2.75) is 51.2 Å². The molecule has 1 saturated carbocycles. The molecule has 2 rings (SSSR count). The van der Waals surface area contributed by atoms with Gasteiger partial charge in [-0.1, -0.05) is 37.5 Å². The number of hydrogen-bond acceptors (Lipinski definition) is 3. The molecule has 1 aliphatic rings. The van der Waals surface area contributed by atoms with E-state index in [1.807, 2.05) is 13.1 Å². The Bertz CT molecular complexity index is 411. The lowest BCUT2D eigenvalue weighted by molar-refractivity contribution is -0.0342. The second-order valence-corrected chi connectivity index (χ2v) is 5.67. The average molecular weight is 263 g/mol. The van der Waals surface area contributed by atoms with Crippen molar-refractivity contribution in [2.75, 3.05) is 13.7 Å². The quantitative estimate of drug-likeness (QED) is 0.858. The summed E-state index contributed by atoms with van der Waals surface area (Å²) in [5.74, 6) is 0.927. The fraction of sp³-hybridized carbons (Fsp3) is 0.625. The van der Waals surface area contributed by atoms with Gasteiger partial charge in [-0.3, -0.25) is 0 Å². The SMILES string of the molecule is CNCc1cccc(C)c1OCC1(O)CCCCC1. The summed E-state index contributed by atoms with van der Waals surface area (Å²) in [6.45, 7) is 3.25. The number of benzene rings is 1. The Morgan fingerprint density at radius 2 is 2.00 bits per heavy atom. The van der Waals surface area contributed by atoms with Crippen molar-refractivity contribution in [3.63, 3.8) is 0 Å². The van der Waals surface area contributed by atoms with Crippen LogP contribution < -0.4 is 10.1 Å². The van der Waals surface area contributed by atoms with E-state index in [1.165, 1.54) is 6.42 Å². The zero-order valence-corrected chi connectivity index (χ0v) is 12.0. The highest BCUT2D eigenvalue weighted by Gasteiger charge is 2.30. The number of aliphatic hydroxyl groups is 1. The Balaban J connectivity index is 2.05.